The lowest BCUT2D eigenvalue weighted by atomic mass is 10.1. The molecule has 0 saturated carbocycles. The van der Waals surface area contributed by atoms with E-state index in [-0.39, 0.29) is 5.56 Å². The summed E-state index contributed by atoms with van der Waals surface area (Å²) in [4.78, 5) is 22.2. The van der Waals surface area contributed by atoms with E-state index in [1.807, 2.05) is 60.1 Å². The van der Waals surface area contributed by atoms with Crippen molar-refractivity contribution in [3.8, 4) is 22.9 Å². The zero-order valence-electron chi connectivity index (χ0n) is 18.0. The minimum Gasteiger partial charge on any atom is -0.449 e. The Balaban J connectivity index is 1.45. The Morgan fingerprint density at radius 2 is 1.78 bits per heavy atom. The molecule has 0 saturated heterocycles. The van der Waals surface area contributed by atoms with E-state index in [9.17, 15) is 4.79 Å². The highest BCUT2D eigenvalue weighted by atomic mass is 16.5. The molecule has 32 heavy (non-hydrogen) atoms. The highest BCUT2D eigenvalue weighted by Crippen LogP contribution is 2.33. The predicted octanol–water partition coefficient (Wildman–Crippen LogP) is 4.27. The number of hydrogen-bond acceptors (Lipinski definition) is 5. The van der Waals surface area contributed by atoms with Crippen LogP contribution in [0.5, 0.6) is 11.5 Å². The number of para-hydroxylation sites is 1. The van der Waals surface area contributed by atoms with Crippen LogP contribution in [0.25, 0.3) is 11.4 Å². The van der Waals surface area contributed by atoms with Crippen molar-refractivity contribution >= 4 is 5.95 Å². The van der Waals surface area contributed by atoms with Gasteiger partial charge in [0.1, 0.15) is 11.4 Å². The third-order valence-electron chi connectivity index (χ3n) is 5.68. The van der Waals surface area contributed by atoms with Crippen LogP contribution in [0.2, 0.25) is 0 Å². The molecule has 1 N–H and O–H groups in total. The monoisotopic (exact) mass is 427 g/mol. The van der Waals surface area contributed by atoms with Crippen molar-refractivity contribution < 1.29 is 4.74 Å². The van der Waals surface area contributed by atoms with Gasteiger partial charge in [-0.3, -0.25) is 9.48 Å². The number of aromatic nitrogens is 4. The van der Waals surface area contributed by atoms with Gasteiger partial charge in [-0.15, -0.1) is 0 Å². The van der Waals surface area contributed by atoms with Gasteiger partial charge in [0.05, 0.1) is 5.69 Å². The second-order valence-electron chi connectivity index (χ2n) is 7.88. The molecule has 0 aliphatic carbocycles. The summed E-state index contributed by atoms with van der Waals surface area (Å²) in [6.45, 7) is 4.11. The molecule has 2 aromatic carbocycles. The smallest absolute Gasteiger partial charge is 0.310 e. The standard InChI is InChI=1S/C25H25N5O2/c1-18-8-5-6-11-21(18)32-23-22(29-16-7-17-30(29)24(23)31)20-13-15-27-25(28-20)26-14-12-19-9-3-2-4-10-19/h2-6,8-11,13,15H,7,12,14,16-17H2,1H3,(H,26,27,28). The fourth-order valence-electron chi connectivity index (χ4n) is 4.05. The molecule has 0 amide bonds. The Morgan fingerprint density at radius 1 is 1.00 bits per heavy atom. The van der Waals surface area contributed by atoms with Crippen LogP contribution in [0.4, 0.5) is 5.95 Å². The average Bonchev–Trinajstić information content (AvgIpc) is 3.39. The fraction of sp³-hybridized carbons (Fsp3) is 0.240. The Hall–Kier alpha value is -3.87. The van der Waals surface area contributed by atoms with Crippen molar-refractivity contribution in [1.82, 2.24) is 19.3 Å². The molecule has 0 spiro atoms. The second kappa shape index (κ2) is 8.70. The Labute approximate surface area is 186 Å². The van der Waals surface area contributed by atoms with Crippen LogP contribution in [0.1, 0.15) is 17.5 Å². The van der Waals surface area contributed by atoms with Crippen LogP contribution < -0.4 is 15.6 Å². The third kappa shape index (κ3) is 3.89. The minimum absolute atomic E-state index is 0.127. The number of ether oxygens (including phenoxy) is 1. The second-order valence-corrected chi connectivity index (χ2v) is 7.88. The number of nitrogens with zero attached hydrogens (tertiary/aromatic N) is 4. The summed E-state index contributed by atoms with van der Waals surface area (Å²) in [5.74, 6) is 1.52. The van der Waals surface area contributed by atoms with Gasteiger partial charge in [0, 0.05) is 25.8 Å². The number of aryl methyl sites for hydroxylation is 1. The van der Waals surface area contributed by atoms with E-state index in [1.54, 1.807) is 10.9 Å². The molecule has 0 unspecified atom stereocenters. The number of anilines is 1. The van der Waals surface area contributed by atoms with Gasteiger partial charge < -0.3 is 10.1 Å². The van der Waals surface area contributed by atoms with Crippen molar-refractivity contribution in [1.29, 1.82) is 0 Å². The molecule has 0 bridgehead atoms. The fourth-order valence-corrected chi connectivity index (χ4v) is 4.05. The van der Waals surface area contributed by atoms with Crippen LogP contribution in [0.3, 0.4) is 0 Å². The van der Waals surface area contributed by atoms with Crippen molar-refractivity contribution in [3.05, 3.63) is 88.3 Å². The van der Waals surface area contributed by atoms with Gasteiger partial charge in [-0.2, -0.15) is 0 Å². The SMILES string of the molecule is Cc1ccccc1Oc1c(-c2ccnc(NCCc3ccccc3)n2)n2n(c1=O)CCC2. The molecule has 1 aliphatic heterocycles. The first kappa shape index (κ1) is 20.1. The maximum atomic E-state index is 13.1. The lowest BCUT2D eigenvalue weighted by Gasteiger charge is -2.11. The lowest BCUT2D eigenvalue weighted by Crippen LogP contribution is -2.17. The topological polar surface area (TPSA) is 74.0 Å². The lowest BCUT2D eigenvalue weighted by molar-refractivity contribution is 0.472. The summed E-state index contributed by atoms with van der Waals surface area (Å²) in [6, 6.07) is 19.8. The number of benzene rings is 2. The van der Waals surface area contributed by atoms with Crippen molar-refractivity contribution in [2.75, 3.05) is 11.9 Å². The van der Waals surface area contributed by atoms with Gasteiger partial charge in [0.25, 0.3) is 0 Å². The minimum atomic E-state index is -0.127. The zero-order chi connectivity index (χ0) is 21.9. The number of nitrogens with one attached hydrogen (secondary N) is 1. The molecule has 162 valence electrons. The van der Waals surface area contributed by atoms with E-state index in [0.29, 0.717) is 41.9 Å². The summed E-state index contributed by atoms with van der Waals surface area (Å²) in [6.07, 6.45) is 3.51. The molecule has 0 radical (unpaired) electrons. The van der Waals surface area contributed by atoms with Crippen LogP contribution in [-0.4, -0.2) is 25.9 Å². The van der Waals surface area contributed by atoms with Gasteiger partial charge in [0.15, 0.2) is 0 Å². The van der Waals surface area contributed by atoms with Gasteiger partial charge in [-0.1, -0.05) is 48.5 Å². The quantitative estimate of drug-likeness (QED) is 0.477. The molecule has 4 aromatic rings. The summed E-state index contributed by atoms with van der Waals surface area (Å²) >= 11 is 0. The van der Waals surface area contributed by atoms with Crippen molar-refractivity contribution in [2.24, 2.45) is 0 Å². The molecular formula is C25H25N5O2. The van der Waals surface area contributed by atoms with Gasteiger partial charge in [0.2, 0.25) is 11.7 Å². The van der Waals surface area contributed by atoms with Gasteiger partial charge in [-0.05, 0) is 43.0 Å². The largest absolute Gasteiger partial charge is 0.449 e. The molecule has 2 aromatic heterocycles. The zero-order valence-corrected chi connectivity index (χ0v) is 18.0. The van der Waals surface area contributed by atoms with Crippen LogP contribution in [-0.2, 0) is 19.5 Å². The van der Waals surface area contributed by atoms with E-state index in [1.165, 1.54) is 5.56 Å². The molecule has 7 nitrogen and oxygen atoms in total. The van der Waals surface area contributed by atoms with Gasteiger partial charge >= 0.3 is 5.56 Å². The maximum absolute atomic E-state index is 13.1. The summed E-state index contributed by atoms with van der Waals surface area (Å²) in [5, 5.41) is 3.30. The van der Waals surface area contributed by atoms with E-state index < -0.39 is 0 Å². The number of hydrogen-bond donors (Lipinski definition) is 1. The Morgan fingerprint density at radius 3 is 2.62 bits per heavy atom. The molecular weight excluding hydrogens is 402 g/mol. The summed E-state index contributed by atoms with van der Waals surface area (Å²) in [5.41, 5.74) is 3.47. The van der Waals surface area contributed by atoms with E-state index in [0.717, 1.165) is 24.9 Å². The first-order chi connectivity index (χ1) is 15.7. The van der Waals surface area contributed by atoms with Crippen LogP contribution in [0.15, 0.2) is 71.7 Å². The first-order valence-electron chi connectivity index (χ1n) is 10.9. The number of rotatable bonds is 7. The molecule has 0 atom stereocenters. The van der Waals surface area contributed by atoms with E-state index in [4.69, 9.17) is 9.72 Å². The maximum Gasteiger partial charge on any atom is 0.310 e. The van der Waals surface area contributed by atoms with E-state index in [2.05, 4.69) is 22.4 Å². The molecule has 3 heterocycles. The van der Waals surface area contributed by atoms with Crippen molar-refractivity contribution in [2.45, 2.75) is 32.9 Å². The predicted molar refractivity (Wildman–Crippen MR) is 124 cm³/mol. The van der Waals surface area contributed by atoms with E-state index >= 15 is 0 Å². The van der Waals surface area contributed by atoms with Crippen LogP contribution in [0, 0.1) is 6.92 Å². The summed E-state index contributed by atoms with van der Waals surface area (Å²) < 4.78 is 9.89. The first-order valence-corrected chi connectivity index (χ1v) is 10.9. The molecule has 1 aliphatic rings. The van der Waals surface area contributed by atoms with Gasteiger partial charge in [-0.25, -0.2) is 14.6 Å². The van der Waals surface area contributed by atoms with Crippen LogP contribution >= 0.6 is 0 Å². The molecule has 7 heteroatoms. The Kier molecular flexibility index (Phi) is 5.46. The summed E-state index contributed by atoms with van der Waals surface area (Å²) in [7, 11) is 0. The Bertz CT molecular complexity index is 1290. The molecule has 5 rings (SSSR count). The van der Waals surface area contributed by atoms with Crippen molar-refractivity contribution in [3.63, 3.8) is 0 Å². The molecule has 0 fully saturated rings. The third-order valence-corrected chi connectivity index (χ3v) is 5.68. The highest BCUT2D eigenvalue weighted by molar-refractivity contribution is 5.65. The number of fused-ring (bicyclic) bond motifs is 1. The average molecular weight is 428 g/mol. The normalized spacial score (nSPS) is 12.5. The highest BCUT2D eigenvalue weighted by Gasteiger charge is 2.27.